The third-order valence-electron chi connectivity index (χ3n) is 3.46. The summed E-state index contributed by atoms with van der Waals surface area (Å²) in [6, 6.07) is 7.48. The van der Waals surface area contributed by atoms with Gasteiger partial charge in [0.05, 0.1) is 5.92 Å². The van der Waals surface area contributed by atoms with Crippen LogP contribution in [0.5, 0.6) is 0 Å². The Kier molecular flexibility index (Phi) is 3.23. The zero-order valence-electron chi connectivity index (χ0n) is 9.98. The molecule has 0 saturated carbocycles. The molecule has 0 radical (unpaired) electrons. The van der Waals surface area contributed by atoms with Gasteiger partial charge >= 0.3 is 0 Å². The maximum absolute atomic E-state index is 12.2. The fourth-order valence-corrected chi connectivity index (χ4v) is 2.41. The van der Waals surface area contributed by atoms with Crippen molar-refractivity contribution < 1.29 is 9.59 Å². The minimum Gasteiger partial charge on any atom is -0.298 e. The van der Waals surface area contributed by atoms with E-state index in [9.17, 15) is 9.59 Å². The van der Waals surface area contributed by atoms with Gasteiger partial charge in [0.15, 0.2) is 11.6 Å². The molecule has 0 heterocycles. The highest BCUT2D eigenvalue weighted by Gasteiger charge is 2.37. The Morgan fingerprint density at radius 2 is 2.24 bits per heavy atom. The number of rotatable bonds is 4. The van der Waals surface area contributed by atoms with Crippen LogP contribution >= 0.6 is 0 Å². The van der Waals surface area contributed by atoms with Crippen molar-refractivity contribution in [3.63, 3.8) is 0 Å². The van der Waals surface area contributed by atoms with Gasteiger partial charge in [-0.3, -0.25) is 9.59 Å². The summed E-state index contributed by atoms with van der Waals surface area (Å²) >= 11 is 0. The zero-order chi connectivity index (χ0) is 12.4. The van der Waals surface area contributed by atoms with E-state index in [4.69, 9.17) is 0 Å². The molecule has 2 atom stereocenters. The standard InChI is InChI=1S/C15H16O2/c1-3-10(4-2)14(16)13-9-11-7-5-6-8-12(11)15(13)17/h3,5-8,10,13H,1,4,9H2,2H3. The molecule has 0 aliphatic heterocycles. The molecule has 1 aliphatic carbocycles. The molecule has 1 aromatic rings. The SMILES string of the molecule is C=CC(CC)C(=O)C1Cc2ccccc2C1=O. The molecule has 0 N–H and O–H groups in total. The fourth-order valence-electron chi connectivity index (χ4n) is 2.41. The van der Waals surface area contributed by atoms with Gasteiger partial charge in [-0.25, -0.2) is 0 Å². The summed E-state index contributed by atoms with van der Waals surface area (Å²) in [6.45, 7) is 5.61. The Bertz CT molecular complexity index is 474. The normalized spacial score (nSPS) is 19.8. The lowest BCUT2D eigenvalue weighted by Crippen LogP contribution is -2.26. The largest absolute Gasteiger partial charge is 0.298 e. The van der Waals surface area contributed by atoms with Crippen molar-refractivity contribution in [3.05, 3.63) is 48.0 Å². The molecule has 0 saturated heterocycles. The first kappa shape index (κ1) is 11.8. The summed E-state index contributed by atoms with van der Waals surface area (Å²) in [7, 11) is 0. The molecule has 2 rings (SSSR count). The van der Waals surface area contributed by atoms with Crippen molar-refractivity contribution in [3.8, 4) is 0 Å². The van der Waals surface area contributed by atoms with Crippen LogP contribution in [0.2, 0.25) is 0 Å². The predicted molar refractivity (Wildman–Crippen MR) is 67.0 cm³/mol. The average Bonchev–Trinajstić information content (AvgIpc) is 2.69. The van der Waals surface area contributed by atoms with Gasteiger partial charge in [0.1, 0.15) is 0 Å². The summed E-state index contributed by atoms with van der Waals surface area (Å²) in [5.74, 6) is -0.691. The Morgan fingerprint density at radius 1 is 1.53 bits per heavy atom. The minimum absolute atomic E-state index is 0.0173. The van der Waals surface area contributed by atoms with Crippen LogP contribution in [0.15, 0.2) is 36.9 Å². The van der Waals surface area contributed by atoms with Gasteiger partial charge < -0.3 is 0 Å². The van der Waals surface area contributed by atoms with E-state index >= 15 is 0 Å². The van der Waals surface area contributed by atoms with E-state index in [-0.39, 0.29) is 17.5 Å². The van der Waals surface area contributed by atoms with Gasteiger partial charge in [0.2, 0.25) is 0 Å². The molecule has 0 amide bonds. The monoisotopic (exact) mass is 228 g/mol. The number of ketones is 2. The van der Waals surface area contributed by atoms with E-state index in [1.807, 2.05) is 25.1 Å². The fraction of sp³-hybridized carbons (Fsp3) is 0.333. The number of carbonyl (C=O) groups excluding carboxylic acids is 2. The van der Waals surface area contributed by atoms with Gasteiger partial charge in [0.25, 0.3) is 0 Å². The number of Topliss-reactive ketones (excluding diaryl/α,β-unsaturated/α-hetero) is 2. The second-order valence-electron chi connectivity index (χ2n) is 4.43. The van der Waals surface area contributed by atoms with Crippen molar-refractivity contribution in [2.45, 2.75) is 19.8 Å². The Balaban J connectivity index is 2.26. The zero-order valence-corrected chi connectivity index (χ0v) is 9.98. The molecule has 0 bridgehead atoms. The molecule has 2 unspecified atom stereocenters. The van der Waals surface area contributed by atoms with Crippen LogP contribution in [0.3, 0.4) is 0 Å². The van der Waals surface area contributed by atoms with Crippen molar-refractivity contribution in [2.24, 2.45) is 11.8 Å². The minimum atomic E-state index is -0.490. The number of allylic oxidation sites excluding steroid dienone is 1. The van der Waals surface area contributed by atoms with E-state index in [0.717, 1.165) is 5.56 Å². The van der Waals surface area contributed by atoms with Crippen LogP contribution in [0.4, 0.5) is 0 Å². The van der Waals surface area contributed by atoms with Gasteiger partial charge in [-0.1, -0.05) is 37.3 Å². The van der Waals surface area contributed by atoms with E-state index in [0.29, 0.717) is 18.4 Å². The molecule has 1 aliphatic rings. The van der Waals surface area contributed by atoms with Crippen molar-refractivity contribution >= 4 is 11.6 Å². The molecule has 2 heteroatoms. The second-order valence-corrected chi connectivity index (χ2v) is 4.43. The van der Waals surface area contributed by atoms with Gasteiger partial charge in [-0.2, -0.15) is 0 Å². The van der Waals surface area contributed by atoms with Crippen LogP contribution in [-0.4, -0.2) is 11.6 Å². The van der Waals surface area contributed by atoms with Crippen LogP contribution in [0.25, 0.3) is 0 Å². The molecule has 0 spiro atoms. The first-order valence-corrected chi connectivity index (χ1v) is 5.97. The number of fused-ring (bicyclic) bond motifs is 1. The lowest BCUT2D eigenvalue weighted by atomic mass is 9.88. The number of hydrogen-bond donors (Lipinski definition) is 0. The Hall–Kier alpha value is -1.70. The quantitative estimate of drug-likeness (QED) is 0.586. The van der Waals surface area contributed by atoms with E-state index in [1.165, 1.54) is 0 Å². The smallest absolute Gasteiger partial charge is 0.173 e. The molecule has 17 heavy (non-hydrogen) atoms. The van der Waals surface area contributed by atoms with E-state index in [2.05, 4.69) is 6.58 Å². The Labute approximate surface area is 101 Å². The molecular formula is C15H16O2. The van der Waals surface area contributed by atoms with E-state index in [1.54, 1.807) is 12.1 Å². The summed E-state index contributed by atoms with van der Waals surface area (Å²) in [5, 5.41) is 0. The van der Waals surface area contributed by atoms with Crippen LogP contribution in [-0.2, 0) is 11.2 Å². The lowest BCUT2D eigenvalue weighted by molar-refractivity contribution is -0.123. The van der Waals surface area contributed by atoms with Crippen LogP contribution in [0.1, 0.15) is 29.3 Å². The van der Waals surface area contributed by atoms with Gasteiger partial charge in [-0.15, -0.1) is 6.58 Å². The summed E-state index contributed by atoms with van der Waals surface area (Å²) in [6.07, 6.45) is 2.92. The van der Waals surface area contributed by atoms with Crippen molar-refractivity contribution in [1.82, 2.24) is 0 Å². The van der Waals surface area contributed by atoms with Crippen molar-refractivity contribution in [1.29, 1.82) is 0 Å². The third kappa shape index (κ3) is 1.95. The van der Waals surface area contributed by atoms with Crippen LogP contribution < -0.4 is 0 Å². The molecule has 88 valence electrons. The summed E-state index contributed by atoms with van der Waals surface area (Å²) in [4.78, 5) is 24.3. The summed E-state index contributed by atoms with van der Waals surface area (Å²) < 4.78 is 0. The second kappa shape index (κ2) is 4.66. The highest BCUT2D eigenvalue weighted by molar-refractivity contribution is 6.14. The highest BCUT2D eigenvalue weighted by Crippen LogP contribution is 2.29. The first-order chi connectivity index (χ1) is 8.19. The molecule has 1 aromatic carbocycles. The molecule has 2 nitrogen and oxygen atoms in total. The average molecular weight is 228 g/mol. The maximum Gasteiger partial charge on any atom is 0.173 e. The number of benzene rings is 1. The van der Waals surface area contributed by atoms with Crippen molar-refractivity contribution in [2.75, 3.05) is 0 Å². The molecule has 0 aromatic heterocycles. The van der Waals surface area contributed by atoms with E-state index < -0.39 is 5.92 Å². The van der Waals surface area contributed by atoms with Gasteiger partial charge in [0, 0.05) is 11.5 Å². The lowest BCUT2D eigenvalue weighted by Gasteiger charge is -2.12. The maximum atomic E-state index is 12.2. The first-order valence-electron chi connectivity index (χ1n) is 5.97. The predicted octanol–water partition coefficient (Wildman–Crippen LogP) is 2.82. The highest BCUT2D eigenvalue weighted by atomic mass is 16.2. The topological polar surface area (TPSA) is 34.1 Å². The molecular weight excluding hydrogens is 212 g/mol. The molecule has 0 fully saturated rings. The number of hydrogen-bond acceptors (Lipinski definition) is 2. The van der Waals surface area contributed by atoms with Gasteiger partial charge in [-0.05, 0) is 18.4 Å². The number of carbonyl (C=O) groups is 2. The summed E-state index contributed by atoms with van der Waals surface area (Å²) in [5.41, 5.74) is 1.71. The Morgan fingerprint density at radius 3 is 2.82 bits per heavy atom. The third-order valence-corrected chi connectivity index (χ3v) is 3.46. The van der Waals surface area contributed by atoms with Crippen LogP contribution in [0, 0.1) is 11.8 Å².